The molecule has 2 atom stereocenters. The second-order valence-electron chi connectivity index (χ2n) is 10.2. The van der Waals surface area contributed by atoms with Crippen molar-refractivity contribution in [1.82, 2.24) is 15.1 Å². The predicted octanol–water partition coefficient (Wildman–Crippen LogP) is 3.53. The van der Waals surface area contributed by atoms with Crippen LogP contribution in [-0.2, 0) is 14.4 Å². The zero-order chi connectivity index (χ0) is 26.2. The van der Waals surface area contributed by atoms with E-state index >= 15 is 0 Å². The Kier molecular flexibility index (Phi) is 6.98. The summed E-state index contributed by atoms with van der Waals surface area (Å²) in [5.41, 5.74) is 0.151. The van der Waals surface area contributed by atoms with E-state index in [0.717, 1.165) is 5.56 Å². The molecular weight excluding hydrogens is 461 g/mol. The van der Waals surface area contributed by atoms with Crippen LogP contribution < -0.4 is 5.32 Å². The standard InChI is InChI=1S/C28H32FN3O4.H2/c1-17(2)23(30-24(33)20-12-8-9-18(3)22(20)29)26(35)32-15-13-28(14-16-32)21(19-10-6-5-7-11-19)25(34)31(4)27(28)36;/h5-12,17,21,23H,13-16H2,1-4H3,(H,30,33);1H/t21?,23-;/m1./s1. The molecule has 8 heteroatoms. The Morgan fingerprint density at radius 2 is 1.69 bits per heavy atom. The van der Waals surface area contributed by atoms with Crippen molar-refractivity contribution in [2.45, 2.75) is 45.6 Å². The van der Waals surface area contributed by atoms with E-state index in [1.165, 1.54) is 18.0 Å². The minimum Gasteiger partial charge on any atom is -0.341 e. The lowest BCUT2D eigenvalue weighted by atomic mass is 9.67. The van der Waals surface area contributed by atoms with Crippen molar-refractivity contribution in [1.29, 1.82) is 0 Å². The second kappa shape index (κ2) is 9.84. The average molecular weight is 496 g/mol. The van der Waals surface area contributed by atoms with Crippen molar-refractivity contribution in [2.75, 3.05) is 20.1 Å². The van der Waals surface area contributed by atoms with Gasteiger partial charge < -0.3 is 10.2 Å². The molecule has 2 saturated heterocycles. The van der Waals surface area contributed by atoms with Crippen LogP contribution in [0.3, 0.4) is 0 Å². The molecule has 4 amide bonds. The first-order valence-electron chi connectivity index (χ1n) is 12.3. The first-order valence-corrected chi connectivity index (χ1v) is 12.3. The Hall–Kier alpha value is -3.55. The summed E-state index contributed by atoms with van der Waals surface area (Å²) in [5.74, 6) is -2.77. The van der Waals surface area contributed by atoms with Gasteiger partial charge in [-0.1, -0.05) is 56.3 Å². The van der Waals surface area contributed by atoms with E-state index in [-0.39, 0.29) is 43.7 Å². The van der Waals surface area contributed by atoms with Crippen LogP contribution in [0.4, 0.5) is 4.39 Å². The molecule has 0 radical (unpaired) electrons. The van der Waals surface area contributed by atoms with Gasteiger partial charge in [0.05, 0.1) is 16.9 Å². The van der Waals surface area contributed by atoms with Gasteiger partial charge in [-0.15, -0.1) is 0 Å². The number of benzene rings is 2. The van der Waals surface area contributed by atoms with E-state index in [1.807, 2.05) is 44.2 Å². The SMILES string of the molecule is Cc1cccc(C(=O)N[C@@H](C(=O)N2CCC3(CC2)C(=O)N(C)C(=O)C3c2ccccc2)C(C)C)c1F.[HH]. The van der Waals surface area contributed by atoms with Gasteiger partial charge in [-0.3, -0.25) is 24.1 Å². The monoisotopic (exact) mass is 495 g/mol. The molecule has 2 fully saturated rings. The van der Waals surface area contributed by atoms with Gasteiger partial charge in [0.2, 0.25) is 17.7 Å². The smallest absolute Gasteiger partial charge is 0.254 e. The molecule has 1 spiro atoms. The number of nitrogens with one attached hydrogen (secondary N) is 1. The summed E-state index contributed by atoms with van der Waals surface area (Å²) in [6.07, 6.45) is 0.691. The summed E-state index contributed by atoms with van der Waals surface area (Å²) in [6, 6.07) is 13.0. The molecule has 0 aliphatic carbocycles. The number of likely N-dealkylation sites (tertiary alicyclic amines) is 2. The topological polar surface area (TPSA) is 86.8 Å². The van der Waals surface area contributed by atoms with Gasteiger partial charge in [-0.2, -0.15) is 0 Å². The van der Waals surface area contributed by atoms with Gasteiger partial charge in [-0.25, -0.2) is 4.39 Å². The molecule has 0 saturated carbocycles. The van der Waals surface area contributed by atoms with Crippen molar-refractivity contribution in [2.24, 2.45) is 11.3 Å². The van der Waals surface area contributed by atoms with Crippen LogP contribution in [0.25, 0.3) is 0 Å². The largest absolute Gasteiger partial charge is 0.341 e. The van der Waals surface area contributed by atoms with Crippen LogP contribution in [0.15, 0.2) is 48.5 Å². The van der Waals surface area contributed by atoms with Crippen LogP contribution in [0.1, 0.15) is 55.5 Å². The number of carbonyl (C=O) groups excluding carboxylic acids is 4. The second-order valence-corrected chi connectivity index (χ2v) is 10.2. The molecule has 2 aromatic carbocycles. The molecule has 2 heterocycles. The highest BCUT2D eigenvalue weighted by molar-refractivity contribution is 6.10. The zero-order valence-electron chi connectivity index (χ0n) is 21.1. The number of nitrogens with zero attached hydrogens (tertiary/aromatic N) is 2. The highest BCUT2D eigenvalue weighted by Crippen LogP contribution is 2.51. The average Bonchev–Trinajstić information content (AvgIpc) is 3.05. The number of amides is 4. The fourth-order valence-electron chi connectivity index (χ4n) is 5.48. The summed E-state index contributed by atoms with van der Waals surface area (Å²) in [4.78, 5) is 55.5. The van der Waals surface area contributed by atoms with Crippen molar-refractivity contribution in [3.63, 3.8) is 0 Å². The molecule has 1 N–H and O–H groups in total. The normalized spacial score (nSPS) is 20.2. The Morgan fingerprint density at radius 3 is 2.31 bits per heavy atom. The Labute approximate surface area is 212 Å². The molecule has 7 nitrogen and oxygen atoms in total. The van der Waals surface area contributed by atoms with E-state index in [9.17, 15) is 23.6 Å². The lowest BCUT2D eigenvalue weighted by molar-refractivity contribution is -0.144. The number of likely N-dealkylation sites (N-methyl/N-ethyl adjacent to an activating group) is 1. The molecule has 0 bridgehead atoms. The van der Waals surface area contributed by atoms with Crippen LogP contribution in [-0.4, -0.2) is 59.6 Å². The first-order chi connectivity index (χ1) is 17.1. The fraction of sp³-hybridized carbons (Fsp3) is 0.429. The Bertz CT molecular complexity index is 1200. The maximum Gasteiger partial charge on any atom is 0.254 e. The Balaban J connectivity index is 0.00000380. The maximum atomic E-state index is 14.5. The van der Waals surface area contributed by atoms with Gasteiger partial charge in [0.15, 0.2) is 0 Å². The molecule has 192 valence electrons. The van der Waals surface area contributed by atoms with E-state index in [2.05, 4.69) is 5.32 Å². The van der Waals surface area contributed by atoms with Crippen molar-refractivity contribution in [3.05, 3.63) is 71.0 Å². The number of carbonyl (C=O) groups is 4. The van der Waals surface area contributed by atoms with Crippen LogP contribution in [0, 0.1) is 24.1 Å². The van der Waals surface area contributed by atoms with Crippen molar-refractivity contribution < 1.29 is 25.0 Å². The highest BCUT2D eigenvalue weighted by atomic mass is 19.1. The molecule has 2 aliphatic heterocycles. The van der Waals surface area contributed by atoms with Crippen LogP contribution >= 0.6 is 0 Å². The highest BCUT2D eigenvalue weighted by Gasteiger charge is 2.59. The summed E-state index contributed by atoms with van der Waals surface area (Å²) in [6.45, 7) is 5.79. The van der Waals surface area contributed by atoms with Gasteiger partial charge in [0.1, 0.15) is 11.9 Å². The van der Waals surface area contributed by atoms with E-state index in [0.29, 0.717) is 18.4 Å². The number of hydrogen-bond acceptors (Lipinski definition) is 4. The molecule has 4 rings (SSSR count). The predicted molar refractivity (Wildman–Crippen MR) is 135 cm³/mol. The minimum atomic E-state index is -0.898. The number of halogens is 1. The summed E-state index contributed by atoms with van der Waals surface area (Å²) in [5, 5.41) is 2.72. The number of piperidine rings is 1. The fourth-order valence-corrected chi connectivity index (χ4v) is 5.48. The Morgan fingerprint density at radius 1 is 1.06 bits per heavy atom. The number of aryl methyl sites for hydroxylation is 1. The lowest BCUT2D eigenvalue weighted by Gasteiger charge is -2.41. The summed E-state index contributed by atoms with van der Waals surface area (Å²) < 4.78 is 14.5. The first kappa shape index (κ1) is 25.5. The van der Waals surface area contributed by atoms with Gasteiger partial charge in [0, 0.05) is 21.6 Å². The maximum absolute atomic E-state index is 14.5. The third-order valence-electron chi connectivity index (χ3n) is 7.62. The van der Waals surface area contributed by atoms with Crippen LogP contribution in [0.2, 0.25) is 0 Å². The molecular formula is C28H34FN3O4. The van der Waals surface area contributed by atoms with Gasteiger partial charge >= 0.3 is 0 Å². The summed E-state index contributed by atoms with van der Waals surface area (Å²) in [7, 11) is 1.52. The van der Waals surface area contributed by atoms with E-state index < -0.39 is 29.1 Å². The number of hydrogen-bond donors (Lipinski definition) is 1. The van der Waals surface area contributed by atoms with E-state index in [4.69, 9.17) is 0 Å². The van der Waals surface area contributed by atoms with Crippen LogP contribution in [0.5, 0.6) is 0 Å². The lowest BCUT2D eigenvalue weighted by Crippen LogP contribution is -2.55. The molecule has 2 aliphatic rings. The number of rotatable bonds is 5. The number of imide groups is 1. The molecule has 0 aromatic heterocycles. The summed E-state index contributed by atoms with van der Waals surface area (Å²) >= 11 is 0. The molecule has 36 heavy (non-hydrogen) atoms. The zero-order valence-corrected chi connectivity index (χ0v) is 21.1. The minimum absolute atomic E-state index is 0. The molecule has 1 unspecified atom stereocenters. The molecule has 2 aromatic rings. The van der Waals surface area contributed by atoms with Crippen molar-refractivity contribution in [3.8, 4) is 0 Å². The van der Waals surface area contributed by atoms with Gasteiger partial charge in [0.25, 0.3) is 5.91 Å². The third kappa shape index (κ3) is 4.29. The van der Waals surface area contributed by atoms with Crippen molar-refractivity contribution >= 4 is 23.6 Å². The quantitative estimate of drug-likeness (QED) is 0.643. The van der Waals surface area contributed by atoms with Gasteiger partial charge in [-0.05, 0) is 42.9 Å². The van der Waals surface area contributed by atoms with E-state index in [1.54, 1.807) is 24.0 Å². The third-order valence-corrected chi connectivity index (χ3v) is 7.62.